The van der Waals surface area contributed by atoms with Gasteiger partial charge in [-0.05, 0) is 23.0 Å². The van der Waals surface area contributed by atoms with Crippen molar-refractivity contribution >= 4 is 0 Å². The topological polar surface area (TPSA) is 30.5 Å². The molecular formula is C16H25NO2. The Morgan fingerprint density at radius 3 is 2.95 bits per heavy atom. The molecule has 19 heavy (non-hydrogen) atoms. The summed E-state index contributed by atoms with van der Waals surface area (Å²) in [6, 6.07) is 8.85. The Morgan fingerprint density at radius 2 is 2.16 bits per heavy atom. The smallest absolute Gasteiger partial charge is 0.0721 e. The summed E-state index contributed by atoms with van der Waals surface area (Å²) in [6.07, 6.45) is 1.06. The zero-order valence-electron chi connectivity index (χ0n) is 12.2. The van der Waals surface area contributed by atoms with Crippen LogP contribution < -0.4 is 5.32 Å². The van der Waals surface area contributed by atoms with Crippen LogP contribution in [0, 0.1) is 5.41 Å². The third-order valence-corrected chi connectivity index (χ3v) is 3.78. The van der Waals surface area contributed by atoms with Crippen molar-refractivity contribution in [2.24, 2.45) is 5.41 Å². The molecule has 1 aromatic rings. The van der Waals surface area contributed by atoms with Gasteiger partial charge in [-0.2, -0.15) is 0 Å². The standard InChI is InChI=1S/C16H25NO2/c1-16(2,8-9-18-3)12-17-15-11-19-10-13-6-4-5-7-14(13)15/h4-7,15,17H,8-12H2,1-3H3. The zero-order valence-corrected chi connectivity index (χ0v) is 12.2. The normalized spacial score (nSPS) is 19.2. The van der Waals surface area contributed by atoms with Gasteiger partial charge in [-0.25, -0.2) is 0 Å². The van der Waals surface area contributed by atoms with Crippen molar-refractivity contribution in [3.63, 3.8) is 0 Å². The molecule has 0 amide bonds. The van der Waals surface area contributed by atoms with Crippen LogP contribution in [0.3, 0.4) is 0 Å². The van der Waals surface area contributed by atoms with Crippen molar-refractivity contribution in [1.29, 1.82) is 0 Å². The van der Waals surface area contributed by atoms with Crippen molar-refractivity contribution in [3.8, 4) is 0 Å². The Balaban J connectivity index is 1.94. The van der Waals surface area contributed by atoms with E-state index in [2.05, 4.69) is 43.4 Å². The van der Waals surface area contributed by atoms with E-state index in [4.69, 9.17) is 9.47 Å². The SMILES string of the molecule is COCCC(C)(C)CNC1COCc2ccccc21. The van der Waals surface area contributed by atoms with Gasteiger partial charge in [0, 0.05) is 20.3 Å². The Labute approximate surface area is 116 Å². The van der Waals surface area contributed by atoms with Crippen LogP contribution in [0.2, 0.25) is 0 Å². The molecular weight excluding hydrogens is 238 g/mol. The molecule has 1 aliphatic heterocycles. The lowest BCUT2D eigenvalue weighted by molar-refractivity contribution is 0.0763. The molecule has 1 aromatic carbocycles. The van der Waals surface area contributed by atoms with E-state index in [0.717, 1.165) is 32.8 Å². The molecule has 3 nitrogen and oxygen atoms in total. The molecule has 2 rings (SSSR count). The largest absolute Gasteiger partial charge is 0.385 e. The molecule has 1 atom stereocenters. The van der Waals surface area contributed by atoms with Gasteiger partial charge in [0.15, 0.2) is 0 Å². The maximum absolute atomic E-state index is 5.67. The highest BCUT2D eigenvalue weighted by Crippen LogP contribution is 2.26. The van der Waals surface area contributed by atoms with Crippen molar-refractivity contribution in [3.05, 3.63) is 35.4 Å². The number of nitrogens with one attached hydrogen (secondary N) is 1. The quantitative estimate of drug-likeness (QED) is 0.856. The number of rotatable bonds is 6. The Hall–Kier alpha value is -0.900. The molecule has 1 aliphatic rings. The molecule has 3 heteroatoms. The fourth-order valence-electron chi connectivity index (χ4n) is 2.42. The van der Waals surface area contributed by atoms with Gasteiger partial charge in [-0.15, -0.1) is 0 Å². The molecule has 0 bridgehead atoms. The molecule has 0 saturated heterocycles. The van der Waals surface area contributed by atoms with Crippen LogP contribution in [0.1, 0.15) is 37.4 Å². The van der Waals surface area contributed by atoms with Crippen LogP contribution in [-0.2, 0) is 16.1 Å². The maximum atomic E-state index is 5.67. The van der Waals surface area contributed by atoms with Gasteiger partial charge >= 0.3 is 0 Å². The minimum Gasteiger partial charge on any atom is -0.385 e. The number of hydrogen-bond acceptors (Lipinski definition) is 3. The molecule has 0 spiro atoms. The van der Waals surface area contributed by atoms with Crippen molar-refractivity contribution in [1.82, 2.24) is 5.32 Å². The summed E-state index contributed by atoms with van der Waals surface area (Å²) in [5.74, 6) is 0. The highest BCUT2D eigenvalue weighted by atomic mass is 16.5. The number of hydrogen-bond donors (Lipinski definition) is 1. The van der Waals surface area contributed by atoms with Gasteiger partial charge in [0.2, 0.25) is 0 Å². The lowest BCUT2D eigenvalue weighted by Gasteiger charge is -2.31. The Morgan fingerprint density at radius 1 is 1.37 bits per heavy atom. The number of ether oxygens (including phenoxy) is 2. The molecule has 1 N–H and O–H groups in total. The third kappa shape index (κ3) is 4.03. The van der Waals surface area contributed by atoms with Gasteiger partial charge in [-0.1, -0.05) is 38.1 Å². The Kier molecular flexibility index (Phi) is 4.97. The van der Waals surface area contributed by atoms with Crippen LogP contribution in [0.5, 0.6) is 0 Å². The molecule has 106 valence electrons. The van der Waals surface area contributed by atoms with Crippen molar-refractivity contribution < 1.29 is 9.47 Å². The minimum absolute atomic E-state index is 0.238. The van der Waals surface area contributed by atoms with Gasteiger partial charge in [0.05, 0.1) is 19.3 Å². The second kappa shape index (κ2) is 6.51. The van der Waals surface area contributed by atoms with E-state index in [1.807, 2.05) is 0 Å². The van der Waals surface area contributed by atoms with Crippen molar-refractivity contribution in [2.45, 2.75) is 32.9 Å². The number of methoxy groups -OCH3 is 1. The molecule has 0 saturated carbocycles. The van der Waals surface area contributed by atoms with E-state index >= 15 is 0 Å². The molecule has 0 fully saturated rings. The van der Waals surface area contributed by atoms with E-state index in [9.17, 15) is 0 Å². The summed E-state index contributed by atoms with van der Waals surface area (Å²) < 4.78 is 10.8. The van der Waals surface area contributed by atoms with E-state index in [0.29, 0.717) is 6.04 Å². The van der Waals surface area contributed by atoms with E-state index in [-0.39, 0.29) is 5.41 Å². The van der Waals surface area contributed by atoms with Crippen LogP contribution >= 0.6 is 0 Å². The van der Waals surface area contributed by atoms with Gasteiger partial charge in [0.1, 0.15) is 0 Å². The average Bonchev–Trinajstić information content (AvgIpc) is 2.43. The van der Waals surface area contributed by atoms with Gasteiger partial charge in [0.25, 0.3) is 0 Å². The molecule has 0 aromatic heterocycles. The predicted octanol–water partition coefficient (Wildman–Crippen LogP) is 2.91. The highest BCUT2D eigenvalue weighted by molar-refractivity contribution is 5.31. The second-order valence-electron chi connectivity index (χ2n) is 6.05. The lowest BCUT2D eigenvalue weighted by Crippen LogP contribution is -2.36. The van der Waals surface area contributed by atoms with Crippen LogP contribution in [0.15, 0.2) is 24.3 Å². The summed E-state index contributed by atoms with van der Waals surface area (Å²) in [7, 11) is 1.76. The predicted molar refractivity (Wildman–Crippen MR) is 77.1 cm³/mol. The minimum atomic E-state index is 0.238. The van der Waals surface area contributed by atoms with Crippen molar-refractivity contribution in [2.75, 3.05) is 26.9 Å². The van der Waals surface area contributed by atoms with Gasteiger partial charge < -0.3 is 14.8 Å². The summed E-state index contributed by atoms with van der Waals surface area (Å²) >= 11 is 0. The number of benzene rings is 1. The first-order chi connectivity index (χ1) is 9.12. The van der Waals surface area contributed by atoms with Crippen LogP contribution in [0.25, 0.3) is 0 Å². The summed E-state index contributed by atoms with van der Waals surface area (Å²) in [5.41, 5.74) is 2.93. The van der Waals surface area contributed by atoms with E-state index in [1.165, 1.54) is 11.1 Å². The van der Waals surface area contributed by atoms with E-state index in [1.54, 1.807) is 7.11 Å². The first-order valence-electron chi connectivity index (χ1n) is 7.00. The highest BCUT2D eigenvalue weighted by Gasteiger charge is 2.23. The third-order valence-electron chi connectivity index (χ3n) is 3.78. The molecule has 0 aliphatic carbocycles. The Bertz CT molecular complexity index is 403. The van der Waals surface area contributed by atoms with E-state index < -0.39 is 0 Å². The number of fused-ring (bicyclic) bond motifs is 1. The molecule has 0 radical (unpaired) electrons. The second-order valence-corrected chi connectivity index (χ2v) is 6.05. The fraction of sp³-hybridized carbons (Fsp3) is 0.625. The summed E-state index contributed by atoms with van der Waals surface area (Å²) in [6.45, 7) is 7.83. The average molecular weight is 263 g/mol. The maximum Gasteiger partial charge on any atom is 0.0721 e. The molecule has 1 heterocycles. The monoisotopic (exact) mass is 263 g/mol. The first-order valence-corrected chi connectivity index (χ1v) is 7.00. The summed E-state index contributed by atoms with van der Waals surface area (Å²) in [4.78, 5) is 0. The summed E-state index contributed by atoms with van der Waals surface area (Å²) in [5, 5.41) is 3.65. The van der Waals surface area contributed by atoms with Gasteiger partial charge in [-0.3, -0.25) is 0 Å². The molecule has 1 unspecified atom stereocenters. The van der Waals surface area contributed by atoms with Crippen LogP contribution in [-0.4, -0.2) is 26.9 Å². The zero-order chi connectivity index (χ0) is 13.7. The lowest BCUT2D eigenvalue weighted by atomic mass is 9.88. The van der Waals surface area contributed by atoms with Crippen LogP contribution in [0.4, 0.5) is 0 Å². The fourth-order valence-corrected chi connectivity index (χ4v) is 2.42. The first kappa shape index (κ1) is 14.5.